The second-order valence-corrected chi connectivity index (χ2v) is 4.40. The molecule has 104 valence electrons. The molecule has 0 aromatic rings. The van der Waals surface area contributed by atoms with Gasteiger partial charge in [0.15, 0.2) is 5.92 Å². The SMILES string of the molecule is C=COC(=O)C(CCCCCCCCC)C(=O)O. The fourth-order valence-corrected chi connectivity index (χ4v) is 1.81. The van der Waals surface area contributed by atoms with Crippen molar-refractivity contribution in [1.82, 2.24) is 0 Å². The molecule has 0 aliphatic carbocycles. The molecule has 0 aliphatic heterocycles. The number of unbranched alkanes of at least 4 members (excludes halogenated alkanes) is 6. The van der Waals surface area contributed by atoms with Crippen LogP contribution >= 0.6 is 0 Å². The zero-order chi connectivity index (χ0) is 13.8. The van der Waals surface area contributed by atoms with Crippen LogP contribution in [-0.4, -0.2) is 17.0 Å². The Morgan fingerprint density at radius 3 is 2.22 bits per heavy atom. The lowest BCUT2D eigenvalue weighted by Crippen LogP contribution is -2.24. The van der Waals surface area contributed by atoms with Crippen LogP contribution < -0.4 is 0 Å². The number of carboxylic acids is 1. The van der Waals surface area contributed by atoms with Crippen molar-refractivity contribution < 1.29 is 19.4 Å². The number of carbonyl (C=O) groups excluding carboxylic acids is 1. The number of esters is 1. The largest absolute Gasteiger partial charge is 0.481 e. The molecule has 0 aromatic carbocycles. The van der Waals surface area contributed by atoms with Crippen molar-refractivity contribution in [3.05, 3.63) is 12.8 Å². The summed E-state index contributed by atoms with van der Waals surface area (Å²) in [6.07, 6.45) is 9.02. The van der Waals surface area contributed by atoms with Gasteiger partial charge >= 0.3 is 11.9 Å². The minimum atomic E-state index is -1.12. The number of hydrogen-bond acceptors (Lipinski definition) is 3. The van der Waals surface area contributed by atoms with E-state index in [4.69, 9.17) is 5.11 Å². The van der Waals surface area contributed by atoms with Gasteiger partial charge in [0.05, 0.1) is 6.26 Å². The Morgan fingerprint density at radius 2 is 1.72 bits per heavy atom. The van der Waals surface area contributed by atoms with Crippen LogP contribution in [0.4, 0.5) is 0 Å². The molecule has 0 heterocycles. The van der Waals surface area contributed by atoms with Crippen molar-refractivity contribution in [1.29, 1.82) is 0 Å². The van der Waals surface area contributed by atoms with Crippen LogP contribution in [0.3, 0.4) is 0 Å². The minimum Gasteiger partial charge on any atom is -0.481 e. The molecule has 0 spiro atoms. The molecule has 0 aliphatic rings. The molecule has 0 saturated carbocycles. The van der Waals surface area contributed by atoms with E-state index in [1.807, 2.05) is 0 Å². The van der Waals surface area contributed by atoms with E-state index in [2.05, 4.69) is 18.2 Å². The molecule has 18 heavy (non-hydrogen) atoms. The van der Waals surface area contributed by atoms with Crippen LogP contribution in [0.2, 0.25) is 0 Å². The number of carbonyl (C=O) groups is 2. The lowest BCUT2D eigenvalue weighted by molar-refractivity contribution is -0.155. The van der Waals surface area contributed by atoms with Crippen LogP contribution in [0.1, 0.15) is 58.3 Å². The first-order chi connectivity index (χ1) is 8.63. The summed E-state index contributed by atoms with van der Waals surface area (Å²) in [5.74, 6) is -2.89. The third kappa shape index (κ3) is 7.87. The summed E-state index contributed by atoms with van der Waals surface area (Å²) in [4.78, 5) is 22.2. The monoisotopic (exact) mass is 256 g/mol. The smallest absolute Gasteiger partial charge is 0.325 e. The number of rotatable bonds is 11. The van der Waals surface area contributed by atoms with Crippen molar-refractivity contribution in [3.63, 3.8) is 0 Å². The molecule has 0 amide bonds. The predicted octanol–water partition coefficient (Wildman–Crippen LogP) is 3.51. The van der Waals surface area contributed by atoms with E-state index in [1.54, 1.807) is 0 Å². The van der Waals surface area contributed by atoms with Crippen molar-refractivity contribution in [2.45, 2.75) is 58.3 Å². The molecule has 1 unspecified atom stereocenters. The van der Waals surface area contributed by atoms with Crippen LogP contribution in [-0.2, 0) is 14.3 Å². The lowest BCUT2D eigenvalue weighted by atomic mass is 10.0. The lowest BCUT2D eigenvalue weighted by Gasteiger charge is -2.09. The average Bonchev–Trinajstić information content (AvgIpc) is 2.32. The van der Waals surface area contributed by atoms with Gasteiger partial charge in [-0.25, -0.2) is 0 Å². The Labute approximate surface area is 109 Å². The van der Waals surface area contributed by atoms with Crippen LogP contribution in [0.15, 0.2) is 12.8 Å². The molecule has 1 N–H and O–H groups in total. The summed E-state index contributed by atoms with van der Waals surface area (Å²) in [6.45, 7) is 5.41. The highest BCUT2D eigenvalue weighted by Crippen LogP contribution is 2.14. The van der Waals surface area contributed by atoms with E-state index in [0.717, 1.165) is 25.5 Å². The summed E-state index contributed by atoms with van der Waals surface area (Å²) < 4.78 is 4.52. The highest BCUT2D eigenvalue weighted by molar-refractivity contribution is 5.94. The summed E-state index contributed by atoms with van der Waals surface area (Å²) >= 11 is 0. The number of hydrogen-bond donors (Lipinski definition) is 1. The second kappa shape index (κ2) is 10.8. The van der Waals surface area contributed by atoms with Gasteiger partial charge < -0.3 is 9.84 Å². The summed E-state index contributed by atoms with van der Waals surface area (Å²) in [7, 11) is 0. The molecule has 4 heteroatoms. The molecule has 0 bridgehead atoms. The van der Waals surface area contributed by atoms with Crippen molar-refractivity contribution in [2.75, 3.05) is 0 Å². The van der Waals surface area contributed by atoms with Gasteiger partial charge in [-0.1, -0.05) is 58.4 Å². The van der Waals surface area contributed by atoms with Crippen molar-refractivity contribution in [2.24, 2.45) is 5.92 Å². The van der Waals surface area contributed by atoms with E-state index in [-0.39, 0.29) is 0 Å². The highest BCUT2D eigenvalue weighted by Gasteiger charge is 2.26. The molecule has 0 rings (SSSR count). The van der Waals surface area contributed by atoms with E-state index < -0.39 is 17.9 Å². The highest BCUT2D eigenvalue weighted by atomic mass is 16.5. The van der Waals surface area contributed by atoms with E-state index in [1.165, 1.54) is 25.7 Å². The molecule has 0 aromatic heterocycles. The third-order valence-electron chi connectivity index (χ3n) is 2.88. The van der Waals surface area contributed by atoms with E-state index >= 15 is 0 Å². The maximum Gasteiger partial charge on any atom is 0.325 e. The normalized spacial score (nSPS) is 11.8. The Hall–Kier alpha value is -1.32. The van der Waals surface area contributed by atoms with Gasteiger partial charge in [-0.2, -0.15) is 0 Å². The molecular formula is C14H24O4. The summed E-state index contributed by atoms with van der Waals surface area (Å²) in [5.41, 5.74) is 0. The maximum atomic E-state index is 11.3. The number of aliphatic carboxylic acids is 1. The fourth-order valence-electron chi connectivity index (χ4n) is 1.81. The summed E-state index contributed by atoms with van der Waals surface area (Å²) in [5, 5.41) is 8.91. The first-order valence-corrected chi connectivity index (χ1v) is 6.67. The van der Waals surface area contributed by atoms with Gasteiger partial charge in [0.2, 0.25) is 0 Å². The number of carboxylic acid groups (broad SMARTS) is 1. The molecule has 4 nitrogen and oxygen atoms in total. The predicted molar refractivity (Wildman–Crippen MR) is 70.0 cm³/mol. The Bertz CT molecular complexity index is 261. The Morgan fingerprint density at radius 1 is 1.17 bits per heavy atom. The maximum absolute atomic E-state index is 11.3. The molecule has 0 saturated heterocycles. The topological polar surface area (TPSA) is 63.6 Å². The fraction of sp³-hybridized carbons (Fsp3) is 0.714. The average molecular weight is 256 g/mol. The standard InChI is InChI=1S/C14H24O4/c1-3-5-6-7-8-9-10-11-12(13(15)16)14(17)18-4-2/h4,12H,2-3,5-11H2,1H3,(H,15,16). The number of ether oxygens (including phenoxy) is 1. The van der Waals surface area contributed by atoms with Crippen LogP contribution in [0, 0.1) is 5.92 Å². The Balaban J connectivity index is 3.74. The molecular weight excluding hydrogens is 232 g/mol. The minimum absolute atomic E-state index is 0.343. The van der Waals surface area contributed by atoms with E-state index in [0.29, 0.717) is 6.42 Å². The Kier molecular flexibility index (Phi) is 10.0. The van der Waals surface area contributed by atoms with Crippen molar-refractivity contribution >= 4 is 11.9 Å². The molecule has 0 fully saturated rings. The van der Waals surface area contributed by atoms with Gasteiger partial charge in [-0.05, 0) is 6.42 Å². The van der Waals surface area contributed by atoms with Crippen LogP contribution in [0.25, 0.3) is 0 Å². The summed E-state index contributed by atoms with van der Waals surface area (Å²) in [6, 6.07) is 0. The zero-order valence-corrected chi connectivity index (χ0v) is 11.2. The van der Waals surface area contributed by atoms with Crippen molar-refractivity contribution in [3.8, 4) is 0 Å². The van der Waals surface area contributed by atoms with Gasteiger partial charge in [0, 0.05) is 0 Å². The van der Waals surface area contributed by atoms with E-state index in [9.17, 15) is 9.59 Å². The van der Waals surface area contributed by atoms with Gasteiger partial charge in [-0.15, -0.1) is 0 Å². The zero-order valence-electron chi connectivity index (χ0n) is 11.2. The van der Waals surface area contributed by atoms with Gasteiger partial charge in [0.25, 0.3) is 0 Å². The van der Waals surface area contributed by atoms with Crippen LogP contribution in [0.5, 0.6) is 0 Å². The first-order valence-electron chi connectivity index (χ1n) is 6.67. The second-order valence-electron chi connectivity index (χ2n) is 4.40. The third-order valence-corrected chi connectivity index (χ3v) is 2.88. The molecule has 1 atom stereocenters. The first kappa shape index (κ1) is 16.7. The van der Waals surface area contributed by atoms with Gasteiger partial charge in [-0.3, -0.25) is 9.59 Å². The van der Waals surface area contributed by atoms with Gasteiger partial charge in [0.1, 0.15) is 0 Å². The quantitative estimate of drug-likeness (QED) is 0.266. The molecule has 0 radical (unpaired) electrons.